The highest BCUT2D eigenvalue weighted by molar-refractivity contribution is 5.83. The second-order valence-corrected chi connectivity index (χ2v) is 2.83. The largest absolute Gasteiger partial charge is 0.496 e. The molecule has 0 spiro atoms. The van der Waals surface area contributed by atoms with Crippen LogP contribution in [0.15, 0.2) is 24.3 Å². The number of likely N-dealkylation sites (N-methyl/N-ethyl adjacent to an activating group) is 1. The summed E-state index contributed by atoms with van der Waals surface area (Å²) in [5, 5.41) is 2.50. The lowest BCUT2D eigenvalue weighted by Crippen LogP contribution is -2.31. The van der Waals surface area contributed by atoms with Crippen molar-refractivity contribution in [1.82, 2.24) is 5.32 Å². The first-order chi connectivity index (χ1) is 6.70. The van der Waals surface area contributed by atoms with Gasteiger partial charge in [-0.1, -0.05) is 18.2 Å². The summed E-state index contributed by atoms with van der Waals surface area (Å²) in [6.45, 7) is 0. The third-order valence-corrected chi connectivity index (χ3v) is 2.00. The normalized spacial score (nSPS) is 11.9. The van der Waals surface area contributed by atoms with Crippen LogP contribution >= 0.6 is 0 Å². The minimum absolute atomic E-state index is 0.227. The van der Waals surface area contributed by atoms with Gasteiger partial charge >= 0.3 is 0 Å². The summed E-state index contributed by atoms with van der Waals surface area (Å²) in [6.07, 6.45) is 0. The monoisotopic (exact) mass is 194 g/mol. The van der Waals surface area contributed by atoms with Gasteiger partial charge in [-0.05, 0) is 6.07 Å². The number of rotatable bonds is 3. The minimum atomic E-state index is -0.684. The fourth-order valence-electron chi connectivity index (χ4n) is 1.22. The smallest absolute Gasteiger partial charge is 0.241 e. The molecular formula is C10H14N2O2. The van der Waals surface area contributed by atoms with Crippen molar-refractivity contribution in [1.29, 1.82) is 0 Å². The van der Waals surface area contributed by atoms with E-state index in [1.54, 1.807) is 26.3 Å². The zero-order valence-electron chi connectivity index (χ0n) is 8.28. The van der Waals surface area contributed by atoms with Gasteiger partial charge in [-0.2, -0.15) is 0 Å². The van der Waals surface area contributed by atoms with E-state index < -0.39 is 6.04 Å². The molecule has 1 atom stereocenters. The molecule has 3 N–H and O–H groups in total. The average molecular weight is 194 g/mol. The molecule has 4 heteroatoms. The summed E-state index contributed by atoms with van der Waals surface area (Å²) < 4.78 is 5.10. The summed E-state index contributed by atoms with van der Waals surface area (Å²) >= 11 is 0. The molecule has 1 rings (SSSR count). The Labute approximate surface area is 83.1 Å². The first-order valence-corrected chi connectivity index (χ1v) is 4.30. The molecule has 0 aliphatic carbocycles. The number of hydrogen-bond acceptors (Lipinski definition) is 3. The molecule has 0 fully saturated rings. The van der Waals surface area contributed by atoms with Crippen molar-refractivity contribution in [3.05, 3.63) is 29.8 Å². The van der Waals surface area contributed by atoms with Gasteiger partial charge in [0.15, 0.2) is 0 Å². The maximum atomic E-state index is 11.3. The molecule has 0 aliphatic rings. The summed E-state index contributed by atoms with van der Waals surface area (Å²) in [4.78, 5) is 11.3. The van der Waals surface area contributed by atoms with Crippen LogP contribution in [0.2, 0.25) is 0 Å². The van der Waals surface area contributed by atoms with Crippen LogP contribution in [0.4, 0.5) is 0 Å². The molecule has 0 aliphatic heterocycles. The van der Waals surface area contributed by atoms with Gasteiger partial charge in [0.05, 0.1) is 7.11 Å². The van der Waals surface area contributed by atoms with Gasteiger partial charge in [0.2, 0.25) is 5.91 Å². The van der Waals surface area contributed by atoms with Crippen LogP contribution in [0.5, 0.6) is 5.75 Å². The Morgan fingerprint density at radius 3 is 2.71 bits per heavy atom. The van der Waals surface area contributed by atoms with E-state index in [9.17, 15) is 4.79 Å². The highest BCUT2D eigenvalue weighted by Gasteiger charge is 2.17. The number of nitrogens with two attached hydrogens (primary N) is 1. The fourth-order valence-corrected chi connectivity index (χ4v) is 1.22. The maximum Gasteiger partial charge on any atom is 0.241 e. The molecular weight excluding hydrogens is 180 g/mol. The van der Waals surface area contributed by atoms with Gasteiger partial charge in [-0.15, -0.1) is 0 Å². The van der Waals surface area contributed by atoms with E-state index >= 15 is 0 Å². The molecule has 1 unspecified atom stereocenters. The van der Waals surface area contributed by atoms with E-state index in [-0.39, 0.29) is 5.91 Å². The molecule has 76 valence electrons. The van der Waals surface area contributed by atoms with Crippen LogP contribution < -0.4 is 15.8 Å². The number of amides is 1. The zero-order valence-corrected chi connectivity index (χ0v) is 8.28. The number of hydrogen-bond donors (Lipinski definition) is 2. The Bertz CT molecular complexity index is 326. The lowest BCUT2D eigenvalue weighted by molar-refractivity contribution is -0.122. The number of carbonyl (C=O) groups is 1. The Balaban J connectivity index is 2.99. The number of ether oxygens (including phenoxy) is 1. The van der Waals surface area contributed by atoms with Gasteiger partial charge in [0.25, 0.3) is 0 Å². The minimum Gasteiger partial charge on any atom is -0.496 e. The summed E-state index contributed by atoms with van der Waals surface area (Å²) in [7, 11) is 3.10. The first-order valence-electron chi connectivity index (χ1n) is 4.30. The molecule has 0 saturated heterocycles. The summed E-state index contributed by atoms with van der Waals surface area (Å²) in [6, 6.07) is 6.52. The van der Waals surface area contributed by atoms with Gasteiger partial charge in [-0.3, -0.25) is 4.79 Å². The third-order valence-electron chi connectivity index (χ3n) is 2.00. The average Bonchev–Trinajstić information content (AvgIpc) is 2.26. The van der Waals surface area contributed by atoms with Gasteiger partial charge in [0.1, 0.15) is 11.8 Å². The van der Waals surface area contributed by atoms with E-state index in [1.165, 1.54) is 0 Å². The zero-order chi connectivity index (χ0) is 10.6. The molecule has 1 amide bonds. The van der Waals surface area contributed by atoms with Crippen molar-refractivity contribution in [2.45, 2.75) is 6.04 Å². The van der Waals surface area contributed by atoms with E-state index in [1.807, 2.05) is 12.1 Å². The Morgan fingerprint density at radius 1 is 1.50 bits per heavy atom. The van der Waals surface area contributed by atoms with E-state index in [4.69, 9.17) is 10.5 Å². The number of carbonyl (C=O) groups excluding carboxylic acids is 1. The van der Waals surface area contributed by atoms with Gasteiger partial charge < -0.3 is 15.8 Å². The lowest BCUT2D eigenvalue weighted by Gasteiger charge is -2.13. The molecule has 1 aromatic carbocycles. The predicted molar refractivity (Wildman–Crippen MR) is 54.0 cm³/mol. The highest BCUT2D eigenvalue weighted by Crippen LogP contribution is 2.22. The van der Waals surface area contributed by atoms with E-state index in [2.05, 4.69) is 5.32 Å². The molecule has 4 nitrogen and oxygen atoms in total. The molecule has 14 heavy (non-hydrogen) atoms. The van der Waals surface area contributed by atoms with Crippen molar-refractivity contribution in [3.63, 3.8) is 0 Å². The van der Waals surface area contributed by atoms with E-state index in [0.29, 0.717) is 11.3 Å². The second-order valence-electron chi connectivity index (χ2n) is 2.83. The van der Waals surface area contributed by atoms with Crippen LogP contribution in [0.1, 0.15) is 11.6 Å². The summed E-state index contributed by atoms with van der Waals surface area (Å²) in [5.74, 6) is 0.401. The van der Waals surface area contributed by atoms with Crippen molar-refractivity contribution >= 4 is 5.91 Å². The number of para-hydroxylation sites is 1. The van der Waals surface area contributed by atoms with Crippen LogP contribution in [-0.2, 0) is 4.79 Å². The van der Waals surface area contributed by atoms with Crippen LogP contribution in [-0.4, -0.2) is 20.1 Å². The first kappa shape index (κ1) is 10.5. The standard InChI is InChI=1S/C10H14N2O2/c1-12-10(13)9(11)7-5-3-4-6-8(7)14-2/h3-6,9H,11H2,1-2H3,(H,12,13). The molecule has 0 saturated carbocycles. The third kappa shape index (κ3) is 2.03. The van der Waals surface area contributed by atoms with E-state index in [0.717, 1.165) is 0 Å². The van der Waals surface area contributed by atoms with Crippen molar-refractivity contribution in [3.8, 4) is 5.75 Å². The molecule has 0 bridgehead atoms. The highest BCUT2D eigenvalue weighted by atomic mass is 16.5. The number of methoxy groups -OCH3 is 1. The SMILES string of the molecule is CNC(=O)C(N)c1ccccc1OC. The summed E-state index contributed by atoms with van der Waals surface area (Å²) in [5.41, 5.74) is 6.42. The Hall–Kier alpha value is -1.55. The van der Waals surface area contributed by atoms with Crippen molar-refractivity contribution in [2.75, 3.05) is 14.2 Å². The maximum absolute atomic E-state index is 11.3. The predicted octanol–water partition coefficient (Wildman–Crippen LogP) is 0.441. The number of benzene rings is 1. The fraction of sp³-hybridized carbons (Fsp3) is 0.300. The Kier molecular flexibility index (Phi) is 3.48. The van der Waals surface area contributed by atoms with Crippen molar-refractivity contribution < 1.29 is 9.53 Å². The van der Waals surface area contributed by atoms with Crippen molar-refractivity contribution in [2.24, 2.45) is 5.73 Å². The quantitative estimate of drug-likeness (QED) is 0.734. The Morgan fingerprint density at radius 2 is 2.14 bits per heavy atom. The van der Waals surface area contributed by atoms with Gasteiger partial charge in [0, 0.05) is 12.6 Å². The topological polar surface area (TPSA) is 64.4 Å². The second kappa shape index (κ2) is 4.62. The van der Waals surface area contributed by atoms with Crippen LogP contribution in [0.3, 0.4) is 0 Å². The molecule has 0 aromatic heterocycles. The van der Waals surface area contributed by atoms with Crippen LogP contribution in [0.25, 0.3) is 0 Å². The molecule has 1 aromatic rings. The van der Waals surface area contributed by atoms with Crippen LogP contribution in [0, 0.1) is 0 Å². The lowest BCUT2D eigenvalue weighted by atomic mass is 10.1. The molecule has 0 radical (unpaired) electrons. The number of nitrogens with one attached hydrogen (secondary N) is 1. The van der Waals surface area contributed by atoms with Gasteiger partial charge in [-0.25, -0.2) is 0 Å². The molecule has 0 heterocycles.